The molecule has 1 saturated carbocycles. The van der Waals surface area contributed by atoms with Gasteiger partial charge >= 0.3 is 0 Å². The monoisotopic (exact) mass is 284 g/mol. The Labute approximate surface area is 118 Å². The van der Waals surface area contributed by atoms with Crippen molar-refractivity contribution in [1.29, 1.82) is 0 Å². The topological polar surface area (TPSA) is 15.3 Å². The number of nitrogens with zero attached hydrogens (tertiary/aromatic N) is 1. The highest BCUT2D eigenvalue weighted by Gasteiger charge is 2.44. The Balaban J connectivity index is 1.85. The van der Waals surface area contributed by atoms with E-state index >= 15 is 0 Å². The minimum Gasteiger partial charge on any atom is -0.367 e. The van der Waals surface area contributed by atoms with Gasteiger partial charge in [0.15, 0.2) is 0 Å². The molecule has 0 spiro atoms. The lowest BCUT2D eigenvalue weighted by atomic mass is 9.92. The SMILES string of the molecule is CC1(C2CC2)CN(c2cccc(Cl)c2Cl)CCN1. The molecule has 1 aromatic rings. The second kappa shape index (κ2) is 4.59. The van der Waals surface area contributed by atoms with Crippen molar-refractivity contribution < 1.29 is 0 Å². The third-order valence-corrected chi connectivity index (χ3v) is 4.99. The molecule has 0 radical (unpaired) electrons. The number of rotatable bonds is 2. The van der Waals surface area contributed by atoms with Crippen LogP contribution < -0.4 is 10.2 Å². The van der Waals surface area contributed by atoms with Gasteiger partial charge in [-0.3, -0.25) is 0 Å². The van der Waals surface area contributed by atoms with Crippen LogP contribution in [0, 0.1) is 5.92 Å². The van der Waals surface area contributed by atoms with E-state index in [4.69, 9.17) is 23.2 Å². The number of halogens is 2. The van der Waals surface area contributed by atoms with Gasteiger partial charge in [-0.2, -0.15) is 0 Å². The molecule has 1 saturated heterocycles. The molecular weight excluding hydrogens is 267 g/mol. The summed E-state index contributed by atoms with van der Waals surface area (Å²) in [6.07, 6.45) is 2.70. The summed E-state index contributed by atoms with van der Waals surface area (Å²) < 4.78 is 0. The van der Waals surface area contributed by atoms with Crippen molar-refractivity contribution in [2.45, 2.75) is 25.3 Å². The van der Waals surface area contributed by atoms with Crippen LogP contribution in [0.1, 0.15) is 19.8 Å². The Morgan fingerprint density at radius 1 is 1.33 bits per heavy atom. The van der Waals surface area contributed by atoms with Crippen molar-refractivity contribution in [3.8, 4) is 0 Å². The van der Waals surface area contributed by atoms with E-state index in [-0.39, 0.29) is 5.54 Å². The molecule has 2 nitrogen and oxygen atoms in total. The van der Waals surface area contributed by atoms with Gasteiger partial charge in [-0.15, -0.1) is 0 Å². The highest BCUT2D eigenvalue weighted by Crippen LogP contribution is 2.42. The van der Waals surface area contributed by atoms with E-state index in [9.17, 15) is 0 Å². The van der Waals surface area contributed by atoms with Crippen LogP contribution in [-0.2, 0) is 0 Å². The van der Waals surface area contributed by atoms with Crippen molar-refractivity contribution in [2.75, 3.05) is 24.5 Å². The van der Waals surface area contributed by atoms with Gasteiger partial charge in [0.25, 0.3) is 0 Å². The van der Waals surface area contributed by atoms with E-state index < -0.39 is 0 Å². The summed E-state index contributed by atoms with van der Waals surface area (Å²) in [4.78, 5) is 2.36. The molecule has 1 aliphatic heterocycles. The van der Waals surface area contributed by atoms with Crippen molar-refractivity contribution in [3.05, 3.63) is 28.2 Å². The maximum Gasteiger partial charge on any atom is 0.0825 e. The number of piperazine rings is 1. The van der Waals surface area contributed by atoms with Gasteiger partial charge in [0.05, 0.1) is 15.7 Å². The summed E-state index contributed by atoms with van der Waals surface area (Å²) in [5, 5.41) is 4.99. The summed E-state index contributed by atoms with van der Waals surface area (Å²) >= 11 is 12.4. The van der Waals surface area contributed by atoms with Crippen LogP contribution in [0.15, 0.2) is 18.2 Å². The van der Waals surface area contributed by atoms with Crippen LogP contribution in [0.3, 0.4) is 0 Å². The number of benzene rings is 1. The molecule has 4 heteroatoms. The largest absolute Gasteiger partial charge is 0.367 e. The first-order valence-electron chi connectivity index (χ1n) is 6.54. The van der Waals surface area contributed by atoms with Gasteiger partial charge in [-0.25, -0.2) is 0 Å². The Morgan fingerprint density at radius 2 is 2.11 bits per heavy atom. The number of nitrogens with one attached hydrogen (secondary N) is 1. The molecular formula is C14H18Cl2N2. The minimum atomic E-state index is 0.226. The van der Waals surface area contributed by atoms with Crippen LogP contribution >= 0.6 is 23.2 Å². The lowest BCUT2D eigenvalue weighted by Crippen LogP contribution is -2.60. The van der Waals surface area contributed by atoms with Gasteiger partial charge < -0.3 is 10.2 Å². The van der Waals surface area contributed by atoms with E-state index in [1.54, 1.807) is 0 Å². The van der Waals surface area contributed by atoms with Gasteiger partial charge in [0, 0.05) is 25.2 Å². The van der Waals surface area contributed by atoms with Crippen LogP contribution in [0.4, 0.5) is 5.69 Å². The Morgan fingerprint density at radius 3 is 2.83 bits per heavy atom. The molecule has 18 heavy (non-hydrogen) atoms. The van der Waals surface area contributed by atoms with Crippen LogP contribution in [0.2, 0.25) is 10.0 Å². The molecule has 1 aromatic carbocycles. The number of anilines is 1. The number of hydrogen-bond donors (Lipinski definition) is 1. The zero-order chi connectivity index (χ0) is 12.8. The zero-order valence-corrected chi connectivity index (χ0v) is 12.1. The van der Waals surface area contributed by atoms with E-state index in [2.05, 4.69) is 23.2 Å². The normalized spacial score (nSPS) is 28.5. The molecule has 1 atom stereocenters. The van der Waals surface area contributed by atoms with Crippen LogP contribution in [0.5, 0.6) is 0 Å². The molecule has 2 aliphatic rings. The predicted octanol–water partition coefficient (Wildman–Crippen LogP) is 3.57. The average molecular weight is 285 g/mol. The molecule has 0 bridgehead atoms. The second-order valence-electron chi connectivity index (χ2n) is 5.61. The first kappa shape index (κ1) is 12.6. The summed E-state index contributed by atoms with van der Waals surface area (Å²) in [5.41, 5.74) is 1.29. The lowest BCUT2D eigenvalue weighted by Gasteiger charge is -2.43. The van der Waals surface area contributed by atoms with E-state index in [1.165, 1.54) is 12.8 Å². The molecule has 98 valence electrons. The van der Waals surface area contributed by atoms with Crippen LogP contribution in [0.25, 0.3) is 0 Å². The van der Waals surface area contributed by atoms with Crippen molar-refractivity contribution in [1.82, 2.24) is 5.32 Å². The summed E-state index contributed by atoms with van der Waals surface area (Å²) in [7, 11) is 0. The molecule has 0 aromatic heterocycles. The van der Waals surface area contributed by atoms with Crippen molar-refractivity contribution >= 4 is 28.9 Å². The molecule has 3 rings (SSSR count). The van der Waals surface area contributed by atoms with E-state index in [0.717, 1.165) is 31.2 Å². The fraction of sp³-hybridized carbons (Fsp3) is 0.571. The second-order valence-corrected chi connectivity index (χ2v) is 6.40. The number of hydrogen-bond acceptors (Lipinski definition) is 2. The third kappa shape index (κ3) is 2.22. The van der Waals surface area contributed by atoms with E-state index in [0.29, 0.717) is 10.0 Å². The molecule has 1 N–H and O–H groups in total. The van der Waals surface area contributed by atoms with Crippen LogP contribution in [-0.4, -0.2) is 25.2 Å². The summed E-state index contributed by atoms with van der Waals surface area (Å²) in [6.45, 7) is 5.34. The predicted molar refractivity (Wildman–Crippen MR) is 77.8 cm³/mol. The molecule has 2 fully saturated rings. The Hall–Kier alpha value is -0.440. The Bertz CT molecular complexity index is 459. The van der Waals surface area contributed by atoms with E-state index in [1.807, 2.05) is 12.1 Å². The molecule has 1 unspecified atom stereocenters. The third-order valence-electron chi connectivity index (χ3n) is 4.18. The van der Waals surface area contributed by atoms with Crippen molar-refractivity contribution in [2.24, 2.45) is 5.92 Å². The first-order chi connectivity index (χ1) is 8.60. The zero-order valence-electron chi connectivity index (χ0n) is 10.5. The van der Waals surface area contributed by atoms with Crippen molar-refractivity contribution in [3.63, 3.8) is 0 Å². The Kier molecular flexibility index (Phi) is 3.21. The standard InChI is InChI=1S/C14H18Cl2N2/c1-14(10-5-6-10)9-18(8-7-17-14)12-4-2-3-11(15)13(12)16/h2-4,10,17H,5-9H2,1H3. The minimum absolute atomic E-state index is 0.226. The maximum absolute atomic E-state index is 6.32. The maximum atomic E-state index is 6.32. The summed E-state index contributed by atoms with van der Waals surface area (Å²) in [6, 6.07) is 5.88. The first-order valence-corrected chi connectivity index (χ1v) is 7.30. The quantitative estimate of drug-likeness (QED) is 0.893. The smallest absolute Gasteiger partial charge is 0.0825 e. The summed E-state index contributed by atoms with van der Waals surface area (Å²) in [5.74, 6) is 0.818. The fourth-order valence-corrected chi connectivity index (χ4v) is 3.36. The van der Waals surface area contributed by atoms with Gasteiger partial charge in [-0.1, -0.05) is 29.3 Å². The highest BCUT2D eigenvalue weighted by molar-refractivity contribution is 6.43. The average Bonchev–Trinajstić information content (AvgIpc) is 3.17. The molecule has 0 amide bonds. The lowest BCUT2D eigenvalue weighted by molar-refractivity contribution is 0.285. The fourth-order valence-electron chi connectivity index (χ4n) is 2.94. The van der Waals surface area contributed by atoms with Gasteiger partial charge in [0.2, 0.25) is 0 Å². The highest BCUT2D eigenvalue weighted by atomic mass is 35.5. The van der Waals surface area contributed by atoms with Gasteiger partial charge in [-0.05, 0) is 37.8 Å². The molecule has 1 aliphatic carbocycles. The van der Waals surface area contributed by atoms with Gasteiger partial charge in [0.1, 0.15) is 0 Å². The molecule has 1 heterocycles.